The molecule has 3 heterocycles. The Morgan fingerprint density at radius 3 is 2.70 bits per heavy atom. The Labute approximate surface area is 153 Å². The van der Waals surface area contributed by atoms with E-state index in [2.05, 4.69) is 35.8 Å². The fraction of sp³-hybridized carbons (Fsp3) is 0.0556. The summed E-state index contributed by atoms with van der Waals surface area (Å²) in [7, 11) is 0. The number of anilines is 4. The van der Waals surface area contributed by atoms with Gasteiger partial charge in [-0.2, -0.15) is 10.1 Å². The van der Waals surface area contributed by atoms with E-state index >= 15 is 0 Å². The molecule has 4 rings (SSSR count). The predicted molar refractivity (Wildman–Crippen MR) is 99.1 cm³/mol. The smallest absolute Gasteiger partial charge is 0.233 e. The number of hydrogen-bond donors (Lipinski definition) is 3. The van der Waals surface area contributed by atoms with Crippen molar-refractivity contribution in [3.8, 4) is 11.5 Å². The van der Waals surface area contributed by atoms with Gasteiger partial charge < -0.3 is 15.1 Å². The molecule has 27 heavy (non-hydrogen) atoms. The molecule has 0 amide bonds. The Bertz CT molecular complexity index is 1070. The van der Waals surface area contributed by atoms with E-state index in [0.717, 1.165) is 5.69 Å². The van der Waals surface area contributed by atoms with E-state index in [1.54, 1.807) is 36.6 Å². The average Bonchev–Trinajstić information content (AvgIpc) is 3.34. The number of benzene rings is 1. The predicted octanol–water partition coefficient (Wildman–Crippen LogP) is 3.54. The number of hydrogen-bond acceptors (Lipinski definition) is 8. The second-order valence-electron chi connectivity index (χ2n) is 5.66. The molecule has 0 atom stereocenters. The Balaban J connectivity index is 1.49. The molecule has 1 aromatic carbocycles. The molecule has 134 valence electrons. The summed E-state index contributed by atoms with van der Waals surface area (Å²) < 4.78 is 5.32. The molecular weight excluding hydrogens is 346 g/mol. The van der Waals surface area contributed by atoms with Crippen molar-refractivity contribution in [3.05, 3.63) is 60.6 Å². The molecule has 3 N–H and O–H groups in total. The van der Waals surface area contributed by atoms with Gasteiger partial charge in [0.05, 0.1) is 6.26 Å². The number of Topliss-reactive ketones (excluding diaryl/α,β-unsaturated/α-hetero) is 1. The summed E-state index contributed by atoms with van der Waals surface area (Å²) >= 11 is 0. The molecule has 0 saturated carbocycles. The van der Waals surface area contributed by atoms with Crippen LogP contribution in [-0.2, 0) is 0 Å². The van der Waals surface area contributed by atoms with E-state index in [0.29, 0.717) is 34.7 Å². The van der Waals surface area contributed by atoms with Crippen molar-refractivity contribution in [3.63, 3.8) is 0 Å². The van der Waals surface area contributed by atoms with Crippen LogP contribution in [0.25, 0.3) is 11.5 Å². The lowest BCUT2D eigenvalue weighted by Crippen LogP contribution is -2.03. The third kappa shape index (κ3) is 3.82. The van der Waals surface area contributed by atoms with Crippen molar-refractivity contribution >= 4 is 29.2 Å². The highest BCUT2D eigenvalue weighted by Gasteiger charge is 2.08. The minimum absolute atomic E-state index is 0.0115. The molecule has 4 aromatic rings. The lowest BCUT2D eigenvalue weighted by molar-refractivity contribution is 0.101. The average molecular weight is 361 g/mol. The van der Waals surface area contributed by atoms with Gasteiger partial charge in [-0.15, -0.1) is 0 Å². The van der Waals surface area contributed by atoms with Crippen molar-refractivity contribution in [2.45, 2.75) is 6.92 Å². The first-order chi connectivity index (χ1) is 13.2. The van der Waals surface area contributed by atoms with E-state index in [1.807, 2.05) is 12.1 Å². The maximum atomic E-state index is 11.5. The van der Waals surface area contributed by atoms with E-state index < -0.39 is 0 Å². The molecule has 0 aliphatic rings. The maximum Gasteiger partial charge on any atom is 0.233 e. The quantitative estimate of drug-likeness (QED) is 0.446. The number of aromatic nitrogens is 5. The van der Waals surface area contributed by atoms with Gasteiger partial charge in [0.2, 0.25) is 11.9 Å². The molecule has 0 unspecified atom stereocenters. The summed E-state index contributed by atoms with van der Waals surface area (Å²) in [6, 6.07) is 12.5. The Kier molecular flexibility index (Phi) is 4.32. The summed E-state index contributed by atoms with van der Waals surface area (Å²) in [5.41, 5.74) is 2.05. The molecule has 0 aliphatic carbocycles. The largest absolute Gasteiger partial charge is 0.463 e. The van der Waals surface area contributed by atoms with Gasteiger partial charge in [0.15, 0.2) is 17.4 Å². The lowest BCUT2D eigenvalue weighted by Gasteiger charge is -2.07. The van der Waals surface area contributed by atoms with Crippen LogP contribution in [0.3, 0.4) is 0 Å². The summed E-state index contributed by atoms with van der Waals surface area (Å²) in [6.45, 7) is 1.52. The highest BCUT2D eigenvalue weighted by molar-refractivity contribution is 5.95. The summed E-state index contributed by atoms with van der Waals surface area (Å²) in [6.07, 6.45) is 2.97. The molecular formula is C18H15N7O2. The molecule has 9 nitrogen and oxygen atoms in total. The lowest BCUT2D eigenvalue weighted by atomic mass is 10.1. The second-order valence-corrected chi connectivity index (χ2v) is 5.66. The van der Waals surface area contributed by atoms with Crippen molar-refractivity contribution in [2.24, 2.45) is 0 Å². The van der Waals surface area contributed by atoms with E-state index in [9.17, 15) is 4.79 Å². The number of nitrogens with zero attached hydrogens (tertiary/aromatic N) is 4. The summed E-state index contributed by atoms with van der Waals surface area (Å²) in [5, 5.41) is 13.1. The number of rotatable bonds is 6. The topological polar surface area (TPSA) is 122 Å². The van der Waals surface area contributed by atoms with E-state index in [4.69, 9.17) is 4.42 Å². The monoisotopic (exact) mass is 361 g/mol. The number of furan rings is 1. The van der Waals surface area contributed by atoms with Crippen LogP contribution in [0.4, 0.5) is 23.4 Å². The maximum absolute atomic E-state index is 11.5. The first-order valence-corrected chi connectivity index (χ1v) is 8.11. The molecule has 0 radical (unpaired) electrons. The number of carbonyl (C=O) groups is 1. The zero-order chi connectivity index (χ0) is 18.6. The number of aromatic amines is 1. The molecule has 3 aromatic heterocycles. The highest BCUT2D eigenvalue weighted by Crippen LogP contribution is 2.21. The van der Waals surface area contributed by atoms with Crippen LogP contribution in [-0.4, -0.2) is 30.9 Å². The van der Waals surface area contributed by atoms with E-state index in [1.165, 1.54) is 13.3 Å². The minimum Gasteiger partial charge on any atom is -0.463 e. The van der Waals surface area contributed by atoms with Gasteiger partial charge in [-0.3, -0.25) is 9.89 Å². The van der Waals surface area contributed by atoms with Gasteiger partial charge in [0.25, 0.3) is 0 Å². The third-order valence-electron chi connectivity index (χ3n) is 3.70. The van der Waals surface area contributed by atoms with Gasteiger partial charge in [0, 0.05) is 17.3 Å². The van der Waals surface area contributed by atoms with Gasteiger partial charge in [-0.25, -0.2) is 9.97 Å². The van der Waals surface area contributed by atoms with Crippen molar-refractivity contribution in [1.29, 1.82) is 0 Å². The van der Waals surface area contributed by atoms with Crippen LogP contribution in [0.2, 0.25) is 0 Å². The standard InChI is InChI=1S/C18H15N7O2/c1-11(26)12-4-2-5-13(8-12)21-17-19-10-20-18(23-17)22-16-9-14(24-25-16)15-6-3-7-27-15/h2-10H,1H3,(H3,19,20,21,22,23,24,25). The molecule has 0 spiro atoms. The number of ketones is 1. The number of carbonyl (C=O) groups excluding carboxylic acids is 1. The normalized spacial score (nSPS) is 10.6. The van der Waals surface area contributed by atoms with E-state index in [-0.39, 0.29) is 5.78 Å². The Hall–Kier alpha value is -4.01. The second kappa shape index (κ2) is 7.08. The number of nitrogens with one attached hydrogen (secondary N) is 3. The number of H-pyrrole nitrogens is 1. The molecule has 0 aliphatic heterocycles. The molecule has 0 bridgehead atoms. The van der Waals surface area contributed by atoms with Crippen LogP contribution in [0, 0.1) is 0 Å². The minimum atomic E-state index is -0.0115. The molecule has 9 heteroatoms. The summed E-state index contributed by atoms with van der Waals surface area (Å²) in [5.74, 6) is 1.88. The van der Waals surface area contributed by atoms with Crippen LogP contribution < -0.4 is 10.6 Å². The highest BCUT2D eigenvalue weighted by atomic mass is 16.3. The zero-order valence-corrected chi connectivity index (χ0v) is 14.3. The molecule has 0 fully saturated rings. The SMILES string of the molecule is CC(=O)c1cccc(Nc2ncnc(Nc3cc(-c4ccco4)[nH]n3)n2)c1. The van der Waals surface area contributed by atoms with Crippen molar-refractivity contribution in [1.82, 2.24) is 25.1 Å². The van der Waals surface area contributed by atoms with Gasteiger partial charge in [-0.05, 0) is 31.2 Å². The summed E-state index contributed by atoms with van der Waals surface area (Å²) in [4.78, 5) is 24.0. The van der Waals surface area contributed by atoms with Crippen molar-refractivity contribution < 1.29 is 9.21 Å². The van der Waals surface area contributed by atoms with Crippen molar-refractivity contribution in [2.75, 3.05) is 10.6 Å². The molecule has 0 saturated heterocycles. The first kappa shape index (κ1) is 16.5. The van der Waals surface area contributed by atoms with Gasteiger partial charge in [0.1, 0.15) is 12.0 Å². The zero-order valence-electron chi connectivity index (χ0n) is 14.3. The van der Waals surface area contributed by atoms with Crippen LogP contribution in [0.1, 0.15) is 17.3 Å². The van der Waals surface area contributed by atoms with Gasteiger partial charge in [-0.1, -0.05) is 12.1 Å². The third-order valence-corrected chi connectivity index (χ3v) is 3.70. The first-order valence-electron chi connectivity index (χ1n) is 8.11. The fourth-order valence-electron chi connectivity index (χ4n) is 2.42. The Morgan fingerprint density at radius 1 is 1.07 bits per heavy atom. The fourth-order valence-corrected chi connectivity index (χ4v) is 2.42. The van der Waals surface area contributed by atoms with Crippen LogP contribution in [0.15, 0.2) is 59.5 Å². The van der Waals surface area contributed by atoms with Crippen LogP contribution >= 0.6 is 0 Å². The van der Waals surface area contributed by atoms with Gasteiger partial charge >= 0.3 is 0 Å². The Morgan fingerprint density at radius 2 is 1.93 bits per heavy atom. The van der Waals surface area contributed by atoms with Crippen LogP contribution in [0.5, 0.6) is 0 Å².